The molecule has 0 atom stereocenters. The topological polar surface area (TPSA) is 39.7 Å². The Kier molecular flexibility index (Phi) is 4.29. The molecule has 22 heavy (non-hydrogen) atoms. The first-order valence-electron chi connectivity index (χ1n) is 7.36. The fourth-order valence-corrected chi connectivity index (χ4v) is 3.27. The minimum Gasteiger partial charge on any atom is -0.378 e. The Hall–Kier alpha value is -2.08. The van der Waals surface area contributed by atoms with E-state index in [1.807, 2.05) is 59.7 Å². The van der Waals surface area contributed by atoms with Gasteiger partial charge in [-0.15, -0.1) is 11.3 Å². The van der Waals surface area contributed by atoms with Crippen LogP contribution in [0.3, 0.4) is 0 Å². The van der Waals surface area contributed by atoms with Crippen LogP contribution in [-0.2, 0) is 0 Å². The van der Waals surface area contributed by atoms with Gasteiger partial charge in [0, 0.05) is 63.1 Å². The molecular formula is C16H20N4OS. The number of hydrogen-bond donors (Lipinski definition) is 0. The lowest BCUT2D eigenvalue weighted by molar-refractivity contribution is 0.0747. The molecule has 1 aliphatic rings. The van der Waals surface area contributed by atoms with Gasteiger partial charge in [-0.2, -0.15) is 0 Å². The first-order chi connectivity index (χ1) is 10.6. The number of hydrogen-bond acceptors (Lipinski definition) is 5. The number of anilines is 2. The Bertz CT molecular complexity index is 633. The summed E-state index contributed by atoms with van der Waals surface area (Å²) in [4.78, 5) is 23.2. The maximum absolute atomic E-state index is 12.6. The highest BCUT2D eigenvalue weighted by Gasteiger charge is 2.23. The molecule has 1 aliphatic heterocycles. The Labute approximate surface area is 134 Å². The molecule has 3 rings (SSSR count). The van der Waals surface area contributed by atoms with Crippen molar-refractivity contribution in [2.24, 2.45) is 0 Å². The molecule has 5 nitrogen and oxygen atoms in total. The van der Waals surface area contributed by atoms with Gasteiger partial charge in [0.1, 0.15) is 0 Å². The number of rotatable bonds is 3. The molecule has 1 saturated heterocycles. The van der Waals surface area contributed by atoms with E-state index in [0.717, 1.165) is 42.6 Å². The molecule has 2 aromatic rings. The van der Waals surface area contributed by atoms with E-state index >= 15 is 0 Å². The minimum absolute atomic E-state index is 0.113. The molecule has 116 valence electrons. The van der Waals surface area contributed by atoms with E-state index in [2.05, 4.69) is 9.88 Å². The molecule has 2 heterocycles. The van der Waals surface area contributed by atoms with Gasteiger partial charge in [0.25, 0.3) is 5.91 Å². The zero-order chi connectivity index (χ0) is 15.5. The molecule has 0 spiro atoms. The Balaban J connectivity index is 1.66. The van der Waals surface area contributed by atoms with E-state index in [9.17, 15) is 4.79 Å². The van der Waals surface area contributed by atoms with Gasteiger partial charge in [-0.25, -0.2) is 4.98 Å². The zero-order valence-corrected chi connectivity index (χ0v) is 13.7. The van der Waals surface area contributed by atoms with Gasteiger partial charge in [-0.05, 0) is 18.2 Å². The third-order valence-corrected chi connectivity index (χ3v) is 4.70. The summed E-state index contributed by atoms with van der Waals surface area (Å²) in [6.45, 7) is 3.16. The van der Waals surface area contributed by atoms with Gasteiger partial charge in [0.2, 0.25) is 0 Å². The highest BCUT2D eigenvalue weighted by molar-refractivity contribution is 7.13. The number of amides is 1. The van der Waals surface area contributed by atoms with Crippen LogP contribution in [-0.4, -0.2) is 56.1 Å². The SMILES string of the molecule is CN(C)c1cccc(C(=O)N2CCN(c3nccs3)CC2)c1. The summed E-state index contributed by atoms with van der Waals surface area (Å²) in [5.41, 5.74) is 1.81. The van der Waals surface area contributed by atoms with Crippen LogP contribution in [0.15, 0.2) is 35.8 Å². The fourth-order valence-electron chi connectivity index (χ4n) is 2.57. The number of carbonyl (C=O) groups is 1. The third kappa shape index (κ3) is 3.06. The van der Waals surface area contributed by atoms with Crippen molar-refractivity contribution in [1.82, 2.24) is 9.88 Å². The average molecular weight is 316 g/mol. The summed E-state index contributed by atoms with van der Waals surface area (Å²) >= 11 is 1.65. The predicted molar refractivity (Wildman–Crippen MR) is 91.0 cm³/mol. The lowest BCUT2D eigenvalue weighted by atomic mass is 10.1. The summed E-state index contributed by atoms with van der Waals surface area (Å²) in [5.74, 6) is 0.113. The second-order valence-electron chi connectivity index (χ2n) is 5.54. The van der Waals surface area contributed by atoms with Crippen LogP contribution < -0.4 is 9.80 Å². The maximum Gasteiger partial charge on any atom is 0.254 e. The average Bonchev–Trinajstić information content (AvgIpc) is 3.09. The second kappa shape index (κ2) is 6.36. The van der Waals surface area contributed by atoms with Crippen molar-refractivity contribution in [3.05, 3.63) is 41.4 Å². The van der Waals surface area contributed by atoms with Crippen LogP contribution in [0.5, 0.6) is 0 Å². The number of piperazine rings is 1. The van der Waals surface area contributed by atoms with Gasteiger partial charge < -0.3 is 14.7 Å². The first-order valence-corrected chi connectivity index (χ1v) is 8.24. The highest BCUT2D eigenvalue weighted by atomic mass is 32.1. The molecular weight excluding hydrogens is 296 g/mol. The zero-order valence-electron chi connectivity index (χ0n) is 12.9. The van der Waals surface area contributed by atoms with Crippen molar-refractivity contribution in [2.45, 2.75) is 0 Å². The van der Waals surface area contributed by atoms with Crippen molar-refractivity contribution in [2.75, 3.05) is 50.1 Å². The van der Waals surface area contributed by atoms with Gasteiger partial charge >= 0.3 is 0 Å². The minimum atomic E-state index is 0.113. The fraction of sp³-hybridized carbons (Fsp3) is 0.375. The van der Waals surface area contributed by atoms with E-state index in [4.69, 9.17) is 0 Å². The van der Waals surface area contributed by atoms with Gasteiger partial charge in [0.05, 0.1) is 0 Å². The molecule has 1 aromatic heterocycles. The number of aromatic nitrogens is 1. The van der Waals surface area contributed by atoms with E-state index in [-0.39, 0.29) is 5.91 Å². The first kappa shape index (κ1) is 14.8. The van der Waals surface area contributed by atoms with Crippen LogP contribution in [0.25, 0.3) is 0 Å². The Morgan fingerprint density at radius 1 is 1.23 bits per heavy atom. The summed E-state index contributed by atoms with van der Waals surface area (Å²) in [6, 6.07) is 7.80. The highest BCUT2D eigenvalue weighted by Crippen LogP contribution is 2.20. The number of nitrogens with zero attached hydrogens (tertiary/aromatic N) is 4. The Morgan fingerprint density at radius 2 is 2.00 bits per heavy atom. The summed E-state index contributed by atoms with van der Waals surface area (Å²) < 4.78 is 0. The molecule has 0 aliphatic carbocycles. The molecule has 1 fully saturated rings. The van der Waals surface area contributed by atoms with Gasteiger partial charge in [0.15, 0.2) is 5.13 Å². The smallest absolute Gasteiger partial charge is 0.254 e. The van der Waals surface area contributed by atoms with E-state index in [1.54, 1.807) is 11.3 Å². The van der Waals surface area contributed by atoms with E-state index in [1.165, 1.54) is 0 Å². The number of carbonyl (C=O) groups excluding carboxylic acids is 1. The van der Waals surface area contributed by atoms with Crippen molar-refractivity contribution in [3.63, 3.8) is 0 Å². The molecule has 0 unspecified atom stereocenters. The maximum atomic E-state index is 12.6. The van der Waals surface area contributed by atoms with Crippen LogP contribution in [0, 0.1) is 0 Å². The van der Waals surface area contributed by atoms with Crippen LogP contribution in [0.1, 0.15) is 10.4 Å². The van der Waals surface area contributed by atoms with Gasteiger partial charge in [-0.3, -0.25) is 4.79 Å². The van der Waals surface area contributed by atoms with Crippen LogP contribution in [0.2, 0.25) is 0 Å². The summed E-state index contributed by atoms with van der Waals surface area (Å²) in [5, 5.41) is 3.03. The Morgan fingerprint density at radius 3 is 2.64 bits per heavy atom. The standard InChI is InChI=1S/C16H20N4OS/c1-18(2)14-5-3-4-13(12-14)15(21)19-7-9-20(10-8-19)16-17-6-11-22-16/h3-6,11-12H,7-10H2,1-2H3. The van der Waals surface area contributed by atoms with Crippen molar-refractivity contribution in [3.8, 4) is 0 Å². The molecule has 6 heteroatoms. The number of benzene rings is 1. The lowest BCUT2D eigenvalue weighted by Gasteiger charge is -2.34. The number of thiazole rings is 1. The van der Waals surface area contributed by atoms with Gasteiger partial charge in [-0.1, -0.05) is 6.07 Å². The second-order valence-corrected chi connectivity index (χ2v) is 6.41. The quantitative estimate of drug-likeness (QED) is 0.870. The van der Waals surface area contributed by atoms with Crippen molar-refractivity contribution in [1.29, 1.82) is 0 Å². The van der Waals surface area contributed by atoms with E-state index < -0.39 is 0 Å². The molecule has 1 aromatic carbocycles. The molecule has 0 N–H and O–H groups in total. The third-order valence-electron chi connectivity index (χ3n) is 3.87. The summed E-state index contributed by atoms with van der Waals surface area (Å²) in [6.07, 6.45) is 1.82. The van der Waals surface area contributed by atoms with Crippen molar-refractivity contribution < 1.29 is 4.79 Å². The molecule has 0 bridgehead atoms. The largest absolute Gasteiger partial charge is 0.378 e. The summed E-state index contributed by atoms with van der Waals surface area (Å²) in [7, 11) is 3.97. The monoisotopic (exact) mass is 316 g/mol. The lowest BCUT2D eigenvalue weighted by Crippen LogP contribution is -2.48. The van der Waals surface area contributed by atoms with Crippen LogP contribution >= 0.6 is 11.3 Å². The van der Waals surface area contributed by atoms with E-state index in [0.29, 0.717) is 0 Å². The molecule has 0 radical (unpaired) electrons. The normalized spacial score (nSPS) is 15.0. The molecule has 0 saturated carbocycles. The predicted octanol–water partition coefficient (Wildman–Crippen LogP) is 2.17. The van der Waals surface area contributed by atoms with Crippen molar-refractivity contribution >= 4 is 28.1 Å². The van der Waals surface area contributed by atoms with Crippen LogP contribution in [0.4, 0.5) is 10.8 Å². The molecule has 1 amide bonds.